The Labute approximate surface area is 141 Å². The number of hydrogen-bond acceptors (Lipinski definition) is 3. The number of halogens is 1. The van der Waals surface area contributed by atoms with Gasteiger partial charge in [-0.05, 0) is 25.3 Å². The Morgan fingerprint density at radius 1 is 1.33 bits per heavy atom. The van der Waals surface area contributed by atoms with Crippen LogP contribution in [-0.2, 0) is 11.3 Å². The van der Waals surface area contributed by atoms with Gasteiger partial charge in [-0.2, -0.15) is 0 Å². The molecule has 0 bridgehead atoms. The molecule has 1 aliphatic rings. The Bertz CT molecular complexity index is 707. The molecule has 24 heavy (non-hydrogen) atoms. The molecule has 1 aromatic carbocycles. The van der Waals surface area contributed by atoms with Gasteiger partial charge in [0.2, 0.25) is 5.91 Å². The van der Waals surface area contributed by atoms with Crippen molar-refractivity contribution >= 4 is 11.7 Å². The molecule has 1 aliphatic carbocycles. The van der Waals surface area contributed by atoms with Crippen molar-refractivity contribution in [3.63, 3.8) is 0 Å². The molecule has 6 heteroatoms. The van der Waals surface area contributed by atoms with Crippen LogP contribution in [0.4, 0.5) is 10.2 Å². The topological polar surface area (TPSA) is 59.8 Å². The first-order valence-electron chi connectivity index (χ1n) is 8.57. The number of amides is 1. The SMILES string of the molecule is Cc1c(NC(=O)CCC2CCCC2)nnn1Cc1ccccc1F. The van der Waals surface area contributed by atoms with Crippen LogP contribution in [0, 0.1) is 18.7 Å². The van der Waals surface area contributed by atoms with Crippen molar-refractivity contribution in [2.75, 3.05) is 5.32 Å². The second-order valence-corrected chi connectivity index (χ2v) is 6.51. The highest BCUT2D eigenvalue weighted by molar-refractivity contribution is 5.90. The monoisotopic (exact) mass is 330 g/mol. The number of rotatable bonds is 6. The van der Waals surface area contributed by atoms with Crippen LogP contribution >= 0.6 is 0 Å². The van der Waals surface area contributed by atoms with E-state index in [0.717, 1.165) is 12.1 Å². The lowest BCUT2D eigenvalue weighted by Gasteiger charge is -2.08. The minimum atomic E-state index is -0.269. The smallest absolute Gasteiger partial charge is 0.225 e. The van der Waals surface area contributed by atoms with E-state index in [1.165, 1.54) is 31.7 Å². The van der Waals surface area contributed by atoms with Crippen molar-refractivity contribution in [2.24, 2.45) is 5.92 Å². The fourth-order valence-corrected chi connectivity index (χ4v) is 3.24. The van der Waals surface area contributed by atoms with Crippen molar-refractivity contribution < 1.29 is 9.18 Å². The number of nitrogens with one attached hydrogen (secondary N) is 1. The zero-order chi connectivity index (χ0) is 16.9. The molecular formula is C18H23FN4O. The lowest BCUT2D eigenvalue weighted by Crippen LogP contribution is -2.14. The molecule has 1 heterocycles. The number of hydrogen-bond donors (Lipinski definition) is 1. The highest BCUT2D eigenvalue weighted by atomic mass is 19.1. The number of nitrogens with zero attached hydrogens (tertiary/aromatic N) is 3. The van der Waals surface area contributed by atoms with Gasteiger partial charge in [0.15, 0.2) is 5.82 Å². The summed E-state index contributed by atoms with van der Waals surface area (Å²) in [4.78, 5) is 12.1. The molecule has 0 aliphatic heterocycles. The average molecular weight is 330 g/mol. The molecule has 2 aromatic rings. The van der Waals surface area contributed by atoms with E-state index in [1.807, 2.05) is 6.92 Å². The minimum absolute atomic E-state index is 0.0251. The van der Waals surface area contributed by atoms with E-state index < -0.39 is 0 Å². The van der Waals surface area contributed by atoms with E-state index in [2.05, 4.69) is 15.6 Å². The average Bonchev–Trinajstić information content (AvgIpc) is 3.20. The third-order valence-electron chi connectivity index (χ3n) is 4.77. The van der Waals surface area contributed by atoms with Crippen molar-refractivity contribution in [1.82, 2.24) is 15.0 Å². The zero-order valence-corrected chi connectivity index (χ0v) is 14.0. The van der Waals surface area contributed by atoms with E-state index >= 15 is 0 Å². The van der Waals surface area contributed by atoms with Crippen LogP contribution in [0.25, 0.3) is 0 Å². The second kappa shape index (κ2) is 7.55. The maximum Gasteiger partial charge on any atom is 0.225 e. The van der Waals surface area contributed by atoms with Crippen LogP contribution in [0.2, 0.25) is 0 Å². The first-order valence-corrected chi connectivity index (χ1v) is 8.57. The fourth-order valence-electron chi connectivity index (χ4n) is 3.24. The van der Waals surface area contributed by atoms with Crippen molar-refractivity contribution in [1.29, 1.82) is 0 Å². The maximum absolute atomic E-state index is 13.7. The predicted octanol–water partition coefficient (Wildman–Crippen LogP) is 3.68. The Morgan fingerprint density at radius 2 is 2.08 bits per heavy atom. The normalized spacial score (nSPS) is 14.9. The number of carbonyl (C=O) groups is 1. The van der Waals surface area contributed by atoms with Gasteiger partial charge in [-0.15, -0.1) is 5.10 Å². The van der Waals surface area contributed by atoms with Gasteiger partial charge in [0.05, 0.1) is 12.2 Å². The van der Waals surface area contributed by atoms with Gasteiger partial charge < -0.3 is 5.32 Å². The summed E-state index contributed by atoms with van der Waals surface area (Å²) in [5, 5.41) is 10.9. The molecule has 1 saturated carbocycles. The van der Waals surface area contributed by atoms with Crippen LogP contribution in [0.3, 0.4) is 0 Å². The molecule has 0 radical (unpaired) electrons. The van der Waals surface area contributed by atoms with Crippen LogP contribution in [0.1, 0.15) is 49.8 Å². The Morgan fingerprint density at radius 3 is 2.83 bits per heavy atom. The van der Waals surface area contributed by atoms with Gasteiger partial charge in [0.25, 0.3) is 0 Å². The summed E-state index contributed by atoms with van der Waals surface area (Å²) in [6.45, 7) is 2.12. The molecule has 1 fully saturated rings. The molecule has 0 saturated heterocycles. The predicted molar refractivity (Wildman–Crippen MR) is 90.1 cm³/mol. The summed E-state index contributed by atoms with van der Waals surface area (Å²) < 4.78 is 15.3. The summed E-state index contributed by atoms with van der Waals surface area (Å²) in [5.74, 6) is 0.855. The quantitative estimate of drug-likeness (QED) is 0.879. The molecule has 1 amide bonds. The van der Waals surface area contributed by atoms with Gasteiger partial charge in [-0.3, -0.25) is 4.79 Å². The van der Waals surface area contributed by atoms with Gasteiger partial charge in [-0.1, -0.05) is 49.1 Å². The Balaban J connectivity index is 1.58. The van der Waals surface area contributed by atoms with Crippen LogP contribution in [-0.4, -0.2) is 20.9 Å². The second-order valence-electron chi connectivity index (χ2n) is 6.51. The highest BCUT2D eigenvalue weighted by Crippen LogP contribution is 2.28. The summed E-state index contributed by atoms with van der Waals surface area (Å²) >= 11 is 0. The molecule has 0 unspecified atom stereocenters. The summed E-state index contributed by atoms with van der Waals surface area (Å²) in [5.41, 5.74) is 1.28. The Kier molecular flexibility index (Phi) is 5.23. The van der Waals surface area contributed by atoms with E-state index in [1.54, 1.807) is 22.9 Å². The molecule has 0 spiro atoms. The largest absolute Gasteiger partial charge is 0.308 e. The molecule has 128 valence electrons. The molecule has 3 rings (SSSR count). The summed E-state index contributed by atoms with van der Waals surface area (Å²) in [6.07, 6.45) is 6.51. The number of benzene rings is 1. The van der Waals surface area contributed by atoms with Crippen molar-refractivity contribution in [2.45, 2.75) is 52.0 Å². The third-order valence-corrected chi connectivity index (χ3v) is 4.77. The first kappa shape index (κ1) is 16.6. The summed E-state index contributed by atoms with van der Waals surface area (Å²) in [7, 11) is 0. The zero-order valence-electron chi connectivity index (χ0n) is 14.0. The van der Waals surface area contributed by atoms with E-state index in [9.17, 15) is 9.18 Å². The van der Waals surface area contributed by atoms with E-state index in [0.29, 0.717) is 30.3 Å². The highest BCUT2D eigenvalue weighted by Gasteiger charge is 2.17. The first-order chi connectivity index (χ1) is 11.6. The van der Waals surface area contributed by atoms with Gasteiger partial charge in [-0.25, -0.2) is 9.07 Å². The number of aromatic nitrogens is 3. The lowest BCUT2D eigenvalue weighted by atomic mass is 10.0. The van der Waals surface area contributed by atoms with Crippen molar-refractivity contribution in [3.8, 4) is 0 Å². The molecule has 0 atom stereocenters. The Hall–Kier alpha value is -2.24. The number of carbonyl (C=O) groups excluding carboxylic acids is 1. The van der Waals surface area contributed by atoms with Gasteiger partial charge >= 0.3 is 0 Å². The lowest BCUT2D eigenvalue weighted by molar-refractivity contribution is -0.116. The van der Waals surface area contributed by atoms with Crippen LogP contribution in [0.5, 0.6) is 0 Å². The molecule has 1 aromatic heterocycles. The van der Waals surface area contributed by atoms with E-state index in [-0.39, 0.29) is 11.7 Å². The van der Waals surface area contributed by atoms with Gasteiger partial charge in [0, 0.05) is 12.0 Å². The van der Waals surface area contributed by atoms with Crippen molar-refractivity contribution in [3.05, 3.63) is 41.3 Å². The van der Waals surface area contributed by atoms with E-state index in [4.69, 9.17) is 0 Å². The third kappa shape index (κ3) is 3.99. The maximum atomic E-state index is 13.7. The summed E-state index contributed by atoms with van der Waals surface area (Å²) in [6, 6.07) is 6.59. The molecular weight excluding hydrogens is 307 g/mol. The number of anilines is 1. The minimum Gasteiger partial charge on any atom is -0.308 e. The van der Waals surface area contributed by atoms with Gasteiger partial charge in [0.1, 0.15) is 5.82 Å². The van der Waals surface area contributed by atoms with Crippen LogP contribution < -0.4 is 5.32 Å². The van der Waals surface area contributed by atoms with Crippen LogP contribution in [0.15, 0.2) is 24.3 Å². The molecule has 5 nitrogen and oxygen atoms in total. The fraction of sp³-hybridized carbons (Fsp3) is 0.500. The molecule has 1 N–H and O–H groups in total. The standard InChI is InChI=1S/C18H23FN4O/c1-13-18(20-17(24)11-10-14-6-2-3-7-14)21-22-23(13)12-15-8-4-5-9-16(15)19/h4-5,8-9,14H,2-3,6-7,10-12H2,1H3,(H,20,24).